The van der Waals surface area contributed by atoms with E-state index in [-0.39, 0.29) is 11.9 Å². The third-order valence-corrected chi connectivity index (χ3v) is 1.91. The van der Waals surface area contributed by atoms with Crippen molar-refractivity contribution < 1.29 is 4.39 Å². The summed E-state index contributed by atoms with van der Waals surface area (Å²) < 4.78 is 13.2. The molecule has 0 unspecified atom stereocenters. The molecule has 1 heterocycles. The Kier molecular flexibility index (Phi) is 3.09. The number of rotatable bonds is 2. The number of pyridine rings is 1. The Bertz CT molecular complexity index is 313. The van der Waals surface area contributed by atoms with Crippen LogP contribution in [0.15, 0.2) is 6.07 Å². The highest BCUT2D eigenvalue weighted by molar-refractivity contribution is 6.31. The predicted octanol–water partition coefficient (Wildman–Crippen LogP) is 3.00. The SMILES string of the molecule is Cc1nc(NC(C)C)c(F)cc1Cl. The standard InChI is InChI=1S/C9H12ClFN2/c1-5(2)12-9-8(11)4-7(10)6(3)13-9/h4-5H,1-3H3,(H,12,13). The molecule has 0 aromatic carbocycles. The van der Waals surface area contributed by atoms with Crippen LogP contribution < -0.4 is 5.32 Å². The van der Waals surface area contributed by atoms with Gasteiger partial charge in [0.1, 0.15) is 0 Å². The van der Waals surface area contributed by atoms with Crippen LogP contribution in [-0.4, -0.2) is 11.0 Å². The average Bonchev–Trinajstić information content (AvgIpc) is 1.99. The Hall–Kier alpha value is -0.830. The zero-order valence-corrected chi connectivity index (χ0v) is 8.61. The molecule has 13 heavy (non-hydrogen) atoms. The van der Waals surface area contributed by atoms with E-state index >= 15 is 0 Å². The van der Waals surface area contributed by atoms with Gasteiger partial charge in [-0.05, 0) is 26.8 Å². The first-order valence-corrected chi connectivity index (χ1v) is 4.47. The number of nitrogens with one attached hydrogen (secondary N) is 1. The molecular formula is C9H12ClFN2. The third-order valence-electron chi connectivity index (χ3n) is 1.53. The molecule has 0 radical (unpaired) electrons. The second kappa shape index (κ2) is 3.92. The molecule has 0 saturated carbocycles. The number of anilines is 1. The van der Waals surface area contributed by atoms with Crippen molar-refractivity contribution in [1.82, 2.24) is 4.98 Å². The van der Waals surface area contributed by atoms with Gasteiger partial charge in [0.15, 0.2) is 11.6 Å². The van der Waals surface area contributed by atoms with Crippen LogP contribution in [0.25, 0.3) is 0 Å². The van der Waals surface area contributed by atoms with Crippen molar-refractivity contribution in [2.24, 2.45) is 0 Å². The highest BCUT2D eigenvalue weighted by Crippen LogP contribution is 2.20. The minimum Gasteiger partial charge on any atom is -0.365 e. The summed E-state index contributed by atoms with van der Waals surface area (Å²) >= 11 is 5.69. The third kappa shape index (κ3) is 2.56. The summed E-state index contributed by atoms with van der Waals surface area (Å²) in [6.07, 6.45) is 0. The summed E-state index contributed by atoms with van der Waals surface area (Å²) in [5, 5.41) is 3.25. The first-order chi connectivity index (χ1) is 6.00. The quantitative estimate of drug-likeness (QED) is 0.798. The van der Waals surface area contributed by atoms with E-state index < -0.39 is 5.82 Å². The Labute approximate surface area is 82.1 Å². The fourth-order valence-electron chi connectivity index (χ4n) is 0.933. The largest absolute Gasteiger partial charge is 0.365 e. The van der Waals surface area contributed by atoms with E-state index in [1.54, 1.807) is 6.92 Å². The van der Waals surface area contributed by atoms with Gasteiger partial charge >= 0.3 is 0 Å². The van der Waals surface area contributed by atoms with Crippen molar-refractivity contribution in [1.29, 1.82) is 0 Å². The summed E-state index contributed by atoms with van der Waals surface area (Å²) in [5.41, 5.74) is 0.631. The summed E-state index contributed by atoms with van der Waals surface area (Å²) in [7, 11) is 0. The van der Waals surface area contributed by atoms with Crippen LogP contribution in [0.2, 0.25) is 5.02 Å². The second-order valence-electron chi connectivity index (χ2n) is 3.19. The number of halogens is 2. The molecule has 0 saturated heterocycles. The number of nitrogens with zero attached hydrogens (tertiary/aromatic N) is 1. The fourth-order valence-corrected chi connectivity index (χ4v) is 1.07. The van der Waals surface area contributed by atoms with Gasteiger partial charge in [0.25, 0.3) is 0 Å². The van der Waals surface area contributed by atoms with Gasteiger partial charge in [-0.3, -0.25) is 0 Å². The molecule has 0 fully saturated rings. The number of aryl methyl sites for hydroxylation is 1. The van der Waals surface area contributed by atoms with Crippen molar-refractivity contribution in [3.05, 3.63) is 22.6 Å². The van der Waals surface area contributed by atoms with Crippen LogP contribution >= 0.6 is 11.6 Å². The van der Waals surface area contributed by atoms with E-state index in [4.69, 9.17) is 11.6 Å². The van der Waals surface area contributed by atoms with Crippen LogP contribution in [0.1, 0.15) is 19.5 Å². The smallest absolute Gasteiger partial charge is 0.166 e. The van der Waals surface area contributed by atoms with E-state index in [9.17, 15) is 4.39 Å². The van der Waals surface area contributed by atoms with Gasteiger partial charge < -0.3 is 5.32 Å². The van der Waals surface area contributed by atoms with Crippen molar-refractivity contribution in [3.63, 3.8) is 0 Å². The molecule has 72 valence electrons. The van der Waals surface area contributed by atoms with Gasteiger partial charge in [-0.1, -0.05) is 11.6 Å². The Morgan fingerprint density at radius 1 is 1.54 bits per heavy atom. The number of aromatic nitrogens is 1. The average molecular weight is 203 g/mol. The molecule has 1 rings (SSSR count). The maximum absolute atomic E-state index is 13.2. The van der Waals surface area contributed by atoms with Crippen LogP contribution in [0.4, 0.5) is 10.2 Å². The van der Waals surface area contributed by atoms with Gasteiger partial charge in [-0.25, -0.2) is 9.37 Å². The molecule has 1 aromatic heterocycles. The van der Waals surface area contributed by atoms with E-state index in [0.29, 0.717) is 10.7 Å². The van der Waals surface area contributed by atoms with Gasteiger partial charge in [0.05, 0.1) is 10.7 Å². The summed E-state index contributed by atoms with van der Waals surface area (Å²) in [6, 6.07) is 1.43. The first kappa shape index (κ1) is 10.3. The van der Waals surface area contributed by atoms with Crippen LogP contribution in [0, 0.1) is 12.7 Å². The highest BCUT2D eigenvalue weighted by Gasteiger charge is 2.08. The summed E-state index contributed by atoms with van der Waals surface area (Å²) in [6.45, 7) is 5.59. The number of hydrogen-bond donors (Lipinski definition) is 1. The normalized spacial score (nSPS) is 10.6. The predicted molar refractivity (Wildman–Crippen MR) is 52.7 cm³/mol. The molecule has 0 aliphatic carbocycles. The molecule has 0 bridgehead atoms. The lowest BCUT2D eigenvalue weighted by atomic mass is 10.3. The van der Waals surface area contributed by atoms with Crippen LogP contribution in [0.3, 0.4) is 0 Å². The summed E-state index contributed by atoms with van der Waals surface area (Å²) in [4.78, 5) is 3.99. The van der Waals surface area contributed by atoms with E-state index in [0.717, 1.165) is 0 Å². The maximum atomic E-state index is 13.2. The first-order valence-electron chi connectivity index (χ1n) is 4.10. The maximum Gasteiger partial charge on any atom is 0.166 e. The van der Waals surface area contributed by atoms with Crippen molar-refractivity contribution in [3.8, 4) is 0 Å². The Morgan fingerprint density at radius 3 is 2.69 bits per heavy atom. The molecule has 2 nitrogen and oxygen atoms in total. The highest BCUT2D eigenvalue weighted by atomic mass is 35.5. The Balaban J connectivity index is 3.01. The van der Waals surface area contributed by atoms with Crippen molar-refractivity contribution in [2.45, 2.75) is 26.8 Å². The lowest BCUT2D eigenvalue weighted by molar-refractivity contribution is 0.620. The van der Waals surface area contributed by atoms with E-state index in [2.05, 4.69) is 10.3 Å². The molecule has 0 spiro atoms. The molecule has 0 atom stereocenters. The molecule has 0 aliphatic heterocycles. The van der Waals surface area contributed by atoms with E-state index in [1.165, 1.54) is 6.07 Å². The lowest BCUT2D eigenvalue weighted by Crippen LogP contribution is -2.13. The van der Waals surface area contributed by atoms with Crippen LogP contribution in [0.5, 0.6) is 0 Å². The molecule has 0 amide bonds. The van der Waals surface area contributed by atoms with Gasteiger partial charge in [-0.2, -0.15) is 0 Å². The zero-order valence-electron chi connectivity index (χ0n) is 7.86. The van der Waals surface area contributed by atoms with Gasteiger partial charge in [0, 0.05) is 6.04 Å². The number of hydrogen-bond acceptors (Lipinski definition) is 2. The molecule has 1 aromatic rings. The fraction of sp³-hybridized carbons (Fsp3) is 0.444. The molecular weight excluding hydrogens is 191 g/mol. The van der Waals surface area contributed by atoms with Crippen molar-refractivity contribution in [2.75, 3.05) is 5.32 Å². The zero-order chi connectivity index (χ0) is 10.0. The van der Waals surface area contributed by atoms with Gasteiger partial charge in [-0.15, -0.1) is 0 Å². The second-order valence-corrected chi connectivity index (χ2v) is 3.59. The summed E-state index contributed by atoms with van der Waals surface area (Å²) in [5.74, 6) is -0.152. The topological polar surface area (TPSA) is 24.9 Å². The minimum absolute atomic E-state index is 0.155. The Morgan fingerprint density at radius 2 is 2.15 bits per heavy atom. The van der Waals surface area contributed by atoms with Crippen LogP contribution in [-0.2, 0) is 0 Å². The molecule has 1 N–H and O–H groups in total. The van der Waals surface area contributed by atoms with E-state index in [1.807, 2.05) is 13.8 Å². The molecule has 0 aliphatic rings. The minimum atomic E-state index is -0.413. The monoisotopic (exact) mass is 202 g/mol. The van der Waals surface area contributed by atoms with Gasteiger partial charge in [0.2, 0.25) is 0 Å². The lowest BCUT2D eigenvalue weighted by Gasteiger charge is -2.10. The van der Waals surface area contributed by atoms with Crippen molar-refractivity contribution >= 4 is 17.4 Å². The molecule has 4 heteroatoms.